The van der Waals surface area contributed by atoms with E-state index in [1.165, 1.54) is 0 Å². The molecule has 0 aromatic heterocycles. The first-order valence-corrected chi connectivity index (χ1v) is 6.04. The maximum Gasteiger partial charge on any atom is 0.227 e. The van der Waals surface area contributed by atoms with Crippen molar-refractivity contribution in [2.24, 2.45) is 17.6 Å². The first-order valence-electron chi connectivity index (χ1n) is 6.04. The van der Waals surface area contributed by atoms with Crippen molar-refractivity contribution in [3.63, 3.8) is 0 Å². The molecule has 0 radical (unpaired) electrons. The average Bonchev–Trinajstić information content (AvgIpc) is 2.20. The van der Waals surface area contributed by atoms with E-state index in [-0.39, 0.29) is 23.7 Å². The molecular formula is C12H26N3O2+. The lowest BCUT2D eigenvalue weighted by Gasteiger charge is -2.25. The molecule has 0 aliphatic heterocycles. The van der Waals surface area contributed by atoms with Crippen molar-refractivity contribution in [3.05, 3.63) is 0 Å². The van der Waals surface area contributed by atoms with E-state index in [0.717, 1.165) is 6.42 Å². The summed E-state index contributed by atoms with van der Waals surface area (Å²) in [5, 5.41) is 2.90. The van der Waals surface area contributed by atoms with Gasteiger partial charge in [0, 0.05) is 11.8 Å². The molecule has 0 aliphatic rings. The Morgan fingerprint density at radius 2 is 1.82 bits per heavy atom. The Hall–Kier alpha value is -1.10. The Kier molecular flexibility index (Phi) is 6.16. The number of primary amides is 1. The van der Waals surface area contributed by atoms with Gasteiger partial charge in [-0.05, 0) is 12.8 Å². The summed E-state index contributed by atoms with van der Waals surface area (Å²) in [5.41, 5.74) is 5.21. The van der Waals surface area contributed by atoms with Gasteiger partial charge in [-0.2, -0.15) is 0 Å². The maximum absolute atomic E-state index is 11.9. The molecule has 0 aromatic carbocycles. The largest absolute Gasteiger partial charge is 0.369 e. The summed E-state index contributed by atoms with van der Waals surface area (Å²) in [6.07, 6.45) is 1.25. The Morgan fingerprint density at radius 1 is 1.29 bits per heavy atom. The molecule has 0 saturated heterocycles. The second kappa shape index (κ2) is 6.59. The highest BCUT2D eigenvalue weighted by Gasteiger charge is 2.22. The van der Waals surface area contributed by atoms with Gasteiger partial charge in [-0.1, -0.05) is 13.8 Å². The van der Waals surface area contributed by atoms with E-state index in [4.69, 9.17) is 5.73 Å². The van der Waals surface area contributed by atoms with Crippen molar-refractivity contribution in [2.45, 2.75) is 26.7 Å². The molecule has 2 atom stereocenters. The number of carbonyl (C=O) groups excluding carboxylic acids is 2. The lowest BCUT2D eigenvalue weighted by atomic mass is 9.92. The smallest absolute Gasteiger partial charge is 0.227 e. The van der Waals surface area contributed by atoms with E-state index in [1.807, 2.05) is 28.1 Å². The molecule has 0 bridgehead atoms. The van der Waals surface area contributed by atoms with Crippen LogP contribution in [0.15, 0.2) is 0 Å². The van der Waals surface area contributed by atoms with Crippen LogP contribution < -0.4 is 11.1 Å². The van der Waals surface area contributed by atoms with Gasteiger partial charge in [-0.3, -0.25) is 9.59 Å². The van der Waals surface area contributed by atoms with Gasteiger partial charge in [-0.15, -0.1) is 0 Å². The molecule has 0 fully saturated rings. The topological polar surface area (TPSA) is 72.2 Å². The molecule has 0 rings (SSSR count). The summed E-state index contributed by atoms with van der Waals surface area (Å²) in [7, 11) is 6.02. The summed E-state index contributed by atoms with van der Waals surface area (Å²) in [4.78, 5) is 22.9. The van der Waals surface area contributed by atoms with Crippen molar-refractivity contribution in [1.82, 2.24) is 5.32 Å². The molecular weight excluding hydrogens is 218 g/mol. The van der Waals surface area contributed by atoms with Crippen LogP contribution in [0.3, 0.4) is 0 Å². The quantitative estimate of drug-likeness (QED) is 0.499. The number of nitrogens with one attached hydrogen (secondary N) is 1. The summed E-state index contributed by atoms with van der Waals surface area (Å²) in [6.45, 7) is 4.29. The van der Waals surface area contributed by atoms with Crippen molar-refractivity contribution >= 4 is 11.8 Å². The maximum atomic E-state index is 11.9. The van der Waals surface area contributed by atoms with Crippen molar-refractivity contribution in [1.29, 1.82) is 0 Å². The Bertz CT molecular complexity index is 271. The number of amides is 2. The second-order valence-corrected chi connectivity index (χ2v) is 5.63. The van der Waals surface area contributed by atoms with Crippen LogP contribution in [0.5, 0.6) is 0 Å². The molecule has 17 heavy (non-hydrogen) atoms. The molecule has 0 heterocycles. The lowest BCUT2D eigenvalue weighted by Crippen LogP contribution is -2.47. The monoisotopic (exact) mass is 244 g/mol. The van der Waals surface area contributed by atoms with E-state index in [2.05, 4.69) is 5.32 Å². The van der Waals surface area contributed by atoms with Crippen LogP contribution in [0.1, 0.15) is 26.7 Å². The van der Waals surface area contributed by atoms with Gasteiger partial charge in [0.15, 0.2) is 6.67 Å². The van der Waals surface area contributed by atoms with E-state index in [0.29, 0.717) is 17.6 Å². The molecule has 5 heteroatoms. The van der Waals surface area contributed by atoms with Crippen molar-refractivity contribution in [3.8, 4) is 0 Å². The first kappa shape index (κ1) is 15.9. The minimum absolute atomic E-state index is 0.00801. The standard InChI is InChI=1S/C12H25N3O2/c1-6-10(7-9(2)11(13)16)12(17)14-8-15(3,4)5/h9-10H,6-8H2,1-5H3,(H2-,13,14,16,17)/p+1. The molecule has 2 unspecified atom stereocenters. The van der Waals surface area contributed by atoms with E-state index >= 15 is 0 Å². The Morgan fingerprint density at radius 3 is 2.18 bits per heavy atom. The minimum Gasteiger partial charge on any atom is -0.369 e. The van der Waals surface area contributed by atoms with Crippen molar-refractivity contribution in [2.75, 3.05) is 27.8 Å². The second-order valence-electron chi connectivity index (χ2n) is 5.63. The van der Waals surface area contributed by atoms with Crippen LogP contribution in [0.25, 0.3) is 0 Å². The minimum atomic E-state index is -0.345. The summed E-state index contributed by atoms with van der Waals surface area (Å²) < 4.78 is 0.674. The number of hydrogen-bond donors (Lipinski definition) is 2. The highest BCUT2D eigenvalue weighted by atomic mass is 16.2. The van der Waals surface area contributed by atoms with Gasteiger partial charge < -0.3 is 15.5 Å². The van der Waals surface area contributed by atoms with Crippen LogP contribution >= 0.6 is 0 Å². The van der Waals surface area contributed by atoms with Gasteiger partial charge in [0.2, 0.25) is 11.8 Å². The molecule has 0 saturated carbocycles. The molecule has 5 nitrogen and oxygen atoms in total. The van der Waals surface area contributed by atoms with E-state index in [1.54, 1.807) is 6.92 Å². The van der Waals surface area contributed by atoms with E-state index < -0.39 is 0 Å². The predicted molar refractivity (Wildman–Crippen MR) is 67.8 cm³/mol. The van der Waals surface area contributed by atoms with Crippen LogP contribution in [-0.2, 0) is 9.59 Å². The zero-order valence-electron chi connectivity index (χ0n) is 11.6. The molecule has 0 aliphatic carbocycles. The number of carbonyl (C=O) groups is 2. The molecule has 100 valence electrons. The molecule has 0 aromatic rings. The number of nitrogens with two attached hydrogens (primary N) is 1. The van der Waals surface area contributed by atoms with Gasteiger partial charge >= 0.3 is 0 Å². The van der Waals surface area contributed by atoms with Crippen molar-refractivity contribution < 1.29 is 14.1 Å². The zero-order chi connectivity index (χ0) is 13.6. The van der Waals surface area contributed by atoms with Crippen LogP contribution in [-0.4, -0.2) is 44.1 Å². The number of hydrogen-bond acceptors (Lipinski definition) is 2. The van der Waals surface area contributed by atoms with Crippen LogP contribution in [0.4, 0.5) is 0 Å². The highest BCUT2D eigenvalue weighted by molar-refractivity contribution is 5.80. The number of quaternary nitrogens is 1. The highest BCUT2D eigenvalue weighted by Crippen LogP contribution is 2.15. The predicted octanol–water partition coefficient (Wildman–Crippen LogP) is 0.304. The summed E-state index contributed by atoms with van der Waals surface area (Å²) in [5.74, 6) is -0.727. The molecule has 3 N–H and O–H groups in total. The fourth-order valence-corrected chi connectivity index (χ4v) is 1.46. The summed E-state index contributed by atoms with van der Waals surface area (Å²) in [6, 6.07) is 0. The third-order valence-electron chi connectivity index (χ3n) is 2.71. The van der Waals surface area contributed by atoms with Gasteiger partial charge in [0.1, 0.15) is 0 Å². The third kappa shape index (κ3) is 6.94. The van der Waals surface area contributed by atoms with Gasteiger partial charge in [0.05, 0.1) is 21.1 Å². The van der Waals surface area contributed by atoms with Gasteiger partial charge in [-0.25, -0.2) is 0 Å². The SMILES string of the molecule is CCC(CC(C)C(N)=O)C(=O)NC[N+](C)(C)C. The third-order valence-corrected chi connectivity index (χ3v) is 2.71. The lowest BCUT2D eigenvalue weighted by molar-refractivity contribution is -0.872. The number of rotatable bonds is 7. The normalized spacial score (nSPS) is 15.1. The number of nitrogens with zero attached hydrogens (tertiary/aromatic N) is 1. The first-order chi connectivity index (χ1) is 7.67. The summed E-state index contributed by atoms with van der Waals surface area (Å²) >= 11 is 0. The fourth-order valence-electron chi connectivity index (χ4n) is 1.46. The molecule has 0 spiro atoms. The van der Waals surface area contributed by atoms with Gasteiger partial charge in [0.25, 0.3) is 0 Å². The zero-order valence-corrected chi connectivity index (χ0v) is 11.6. The Balaban J connectivity index is 4.27. The van der Waals surface area contributed by atoms with Crippen LogP contribution in [0.2, 0.25) is 0 Å². The average molecular weight is 244 g/mol. The Labute approximate surface area is 104 Å². The fraction of sp³-hybridized carbons (Fsp3) is 0.833. The van der Waals surface area contributed by atoms with E-state index in [9.17, 15) is 9.59 Å². The van der Waals surface area contributed by atoms with Crippen LogP contribution in [0, 0.1) is 11.8 Å². The molecule has 2 amide bonds.